The summed E-state index contributed by atoms with van der Waals surface area (Å²) in [4.78, 5) is 11.6. The highest BCUT2D eigenvalue weighted by Gasteiger charge is 2.60. The van der Waals surface area contributed by atoms with E-state index in [1.807, 2.05) is 0 Å². The Kier molecular flexibility index (Phi) is 7.75. The Bertz CT molecular complexity index is 1160. The van der Waals surface area contributed by atoms with E-state index in [0.29, 0.717) is 16.7 Å². The van der Waals surface area contributed by atoms with Gasteiger partial charge in [0.2, 0.25) is 0 Å². The van der Waals surface area contributed by atoms with E-state index in [-0.39, 0.29) is 12.1 Å². The molecule has 0 aromatic heterocycles. The van der Waals surface area contributed by atoms with E-state index in [0.717, 1.165) is 48.9 Å². The second kappa shape index (κ2) is 11.1. The number of hydrogen-bond acceptors (Lipinski definition) is 2. The SMILES string of the molecule is CC(=O)O[C@H]1CC[C@@]2(C)[C@H](CC[C@@H]3[C@@H]2CC[C@]2(C)[C@@H]([C@@H](C)CC=C(c4ccccc4)c4ccccc4)CC[C@@H]32)C1. The van der Waals surface area contributed by atoms with Crippen LogP contribution in [0.2, 0.25) is 0 Å². The number of rotatable bonds is 6. The predicted molar refractivity (Wildman–Crippen MR) is 165 cm³/mol. The molecule has 0 heterocycles. The van der Waals surface area contributed by atoms with Gasteiger partial charge in [-0.3, -0.25) is 4.79 Å². The van der Waals surface area contributed by atoms with Gasteiger partial charge < -0.3 is 4.74 Å². The average molecular weight is 539 g/mol. The Labute approximate surface area is 243 Å². The van der Waals surface area contributed by atoms with Crippen LogP contribution < -0.4 is 0 Å². The number of hydrogen-bond donors (Lipinski definition) is 0. The van der Waals surface area contributed by atoms with Crippen molar-refractivity contribution in [3.63, 3.8) is 0 Å². The molecule has 2 heteroatoms. The second-order valence-electron chi connectivity index (χ2n) is 14.5. The quantitative estimate of drug-likeness (QED) is 0.342. The number of ether oxygens (including phenoxy) is 1. The first-order chi connectivity index (χ1) is 19.3. The molecular formula is C38H50O2. The third kappa shape index (κ3) is 4.99. The van der Waals surface area contributed by atoms with Crippen LogP contribution in [-0.4, -0.2) is 12.1 Å². The molecule has 4 aliphatic carbocycles. The average Bonchev–Trinajstić information content (AvgIpc) is 3.31. The summed E-state index contributed by atoms with van der Waals surface area (Å²) in [5.74, 6) is 4.77. The van der Waals surface area contributed by atoms with Crippen molar-refractivity contribution < 1.29 is 9.53 Å². The minimum absolute atomic E-state index is 0.101. The molecule has 0 amide bonds. The Hall–Kier alpha value is -2.35. The lowest BCUT2D eigenvalue weighted by atomic mass is 9.44. The molecule has 2 aromatic carbocycles. The summed E-state index contributed by atoms with van der Waals surface area (Å²) >= 11 is 0. The maximum Gasteiger partial charge on any atom is 0.302 e. The predicted octanol–water partition coefficient (Wildman–Crippen LogP) is 9.74. The van der Waals surface area contributed by atoms with Crippen molar-refractivity contribution in [2.24, 2.45) is 46.3 Å². The standard InChI is InChI=1S/C38H50O2/c1-26(15-17-32(28-11-7-5-8-12-28)29-13-9-6-10-14-29)34-19-20-35-33-18-16-30-25-31(40-27(2)39)21-23-37(30,3)36(33)22-24-38(34,35)4/h5-14,17,26,30-31,33-36H,15-16,18-25H2,1-4H3/t26-,30+,31-,33-,34+,35-,36-,37-,38+/m0/s1. The highest BCUT2D eigenvalue weighted by Crippen LogP contribution is 2.68. The number of allylic oxidation sites excluding steroid dienone is 1. The Morgan fingerprint density at radius 1 is 0.850 bits per heavy atom. The smallest absolute Gasteiger partial charge is 0.302 e. The van der Waals surface area contributed by atoms with Crippen LogP contribution in [0.25, 0.3) is 5.57 Å². The topological polar surface area (TPSA) is 26.3 Å². The third-order valence-corrected chi connectivity index (χ3v) is 12.6. The molecule has 214 valence electrons. The van der Waals surface area contributed by atoms with Gasteiger partial charge in [-0.1, -0.05) is 87.5 Å². The minimum Gasteiger partial charge on any atom is -0.463 e. The maximum atomic E-state index is 11.6. The lowest BCUT2D eigenvalue weighted by Gasteiger charge is -2.61. The van der Waals surface area contributed by atoms with Gasteiger partial charge in [0.15, 0.2) is 0 Å². The number of fused-ring (bicyclic) bond motifs is 5. The third-order valence-electron chi connectivity index (χ3n) is 12.6. The fraction of sp³-hybridized carbons (Fsp3) is 0.605. The molecule has 0 spiro atoms. The van der Waals surface area contributed by atoms with Gasteiger partial charge in [0.05, 0.1) is 0 Å². The van der Waals surface area contributed by atoms with Gasteiger partial charge >= 0.3 is 5.97 Å². The van der Waals surface area contributed by atoms with E-state index >= 15 is 0 Å². The first kappa shape index (κ1) is 27.8. The van der Waals surface area contributed by atoms with Gasteiger partial charge in [0.1, 0.15) is 6.10 Å². The number of carbonyl (C=O) groups excluding carboxylic acids is 1. The maximum absolute atomic E-state index is 11.6. The first-order valence-corrected chi connectivity index (χ1v) is 16.3. The van der Waals surface area contributed by atoms with Gasteiger partial charge in [-0.15, -0.1) is 0 Å². The molecule has 9 atom stereocenters. The molecule has 0 saturated heterocycles. The zero-order valence-corrected chi connectivity index (χ0v) is 25.3. The number of esters is 1. The molecular weight excluding hydrogens is 488 g/mol. The summed E-state index contributed by atoms with van der Waals surface area (Å²) in [5.41, 5.74) is 4.95. The highest BCUT2D eigenvalue weighted by molar-refractivity contribution is 5.79. The summed E-state index contributed by atoms with van der Waals surface area (Å²) in [5, 5.41) is 0. The normalized spacial score (nSPS) is 37.4. The van der Waals surface area contributed by atoms with Crippen molar-refractivity contribution in [3.05, 3.63) is 77.9 Å². The van der Waals surface area contributed by atoms with Gasteiger partial charge in [-0.25, -0.2) is 0 Å². The van der Waals surface area contributed by atoms with E-state index in [1.165, 1.54) is 61.6 Å². The van der Waals surface area contributed by atoms with Crippen molar-refractivity contribution in [1.82, 2.24) is 0 Å². The zero-order valence-electron chi connectivity index (χ0n) is 25.3. The molecule has 2 aromatic rings. The monoisotopic (exact) mass is 538 g/mol. The van der Waals surface area contributed by atoms with E-state index in [1.54, 1.807) is 6.92 Å². The van der Waals surface area contributed by atoms with E-state index in [2.05, 4.69) is 87.5 Å². The van der Waals surface area contributed by atoms with Gasteiger partial charge in [0.25, 0.3) is 0 Å². The van der Waals surface area contributed by atoms with Crippen molar-refractivity contribution in [2.75, 3.05) is 0 Å². The first-order valence-electron chi connectivity index (χ1n) is 16.3. The van der Waals surface area contributed by atoms with E-state index < -0.39 is 0 Å². The molecule has 4 aliphatic rings. The van der Waals surface area contributed by atoms with Gasteiger partial charge in [0, 0.05) is 6.92 Å². The summed E-state index contributed by atoms with van der Waals surface area (Å²) in [6, 6.07) is 21.9. The fourth-order valence-electron chi connectivity index (χ4n) is 10.6. The lowest BCUT2D eigenvalue weighted by Crippen LogP contribution is -2.54. The molecule has 4 fully saturated rings. The van der Waals surface area contributed by atoms with Crippen molar-refractivity contribution >= 4 is 11.5 Å². The van der Waals surface area contributed by atoms with E-state index in [4.69, 9.17) is 4.74 Å². The van der Waals surface area contributed by atoms with Crippen LogP contribution in [0.4, 0.5) is 0 Å². The zero-order chi connectivity index (χ0) is 27.9. The van der Waals surface area contributed by atoms with Crippen LogP contribution in [0.3, 0.4) is 0 Å². The number of carbonyl (C=O) groups is 1. The molecule has 4 saturated carbocycles. The van der Waals surface area contributed by atoms with Crippen LogP contribution in [0.1, 0.15) is 103 Å². The van der Waals surface area contributed by atoms with Crippen LogP contribution in [-0.2, 0) is 9.53 Å². The van der Waals surface area contributed by atoms with Crippen molar-refractivity contribution in [2.45, 2.75) is 98.0 Å². The largest absolute Gasteiger partial charge is 0.463 e. The van der Waals surface area contributed by atoms with Crippen molar-refractivity contribution in [1.29, 1.82) is 0 Å². The fourth-order valence-corrected chi connectivity index (χ4v) is 10.6. The number of benzene rings is 2. The molecule has 2 nitrogen and oxygen atoms in total. The summed E-state index contributed by atoms with van der Waals surface area (Å²) in [6.07, 6.45) is 15.6. The molecule has 6 rings (SSSR count). The molecule has 0 bridgehead atoms. The second-order valence-corrected chi connectivity index (χ2v) is 14.5. The molecule has 0 unspecified atom stereocenters. The van der Waals surface area contributed by atoms with Gasteiger partial charge in [-0.05, 0) is 127 Å². The summed E-state index contributed by atoms with van der Waals surface area (Å²) in [7, 11) is 0. The van der Waals surface area contributed by atoms with Crippen LogP contribution in [0.15, 0.2) is 66.7 Å². The summed E-state index contributed by atoms with van der Waals surface area (Å²) < 4.78 is 5.70. The molecule has 40 heavy (non-hydrogen) atoms. The van der Waals surface area contributed by atoms with Crippen LogP contribution in [0, 0.1) is 46.3 Å². The van der Waals surface area contributed by atoms with Gasteiger partial charge in [-0.2, -0.15) is 0 Å². The molecule has 0 aliphatic heterocycles. The lowest BCUT2D eigenvalue weighted by molar-refractivity contribution is -0.160. The Morgan fingerprint density at radius 2 is 1.48 bits per heavy atom. The van der Waals surface area contributed by atoms with Crippen LogP contribution >= 0.6 is 0 Å². The Balaban J connectivity index is 1.18. The minimum atomic E-state index is -0.101. The molecule has 0 radical (unpaired) electrons. The molecule has 0 N–H and O–H groups in total. The Morgan fingerprint density at radius 3 is 2.12 bits per heavy atom. The highest BCUT2D eigenvalue weighted by atomic mass is 16.5. The summed E-state index contributed by atoms with van der Waals surface area (Å²) in [6.45, 7) is 9.43. The van der Waals surface area contributed by atoms with Crippen molar-refractivity contribution in [3.8, 4) is 0 Å². The van der Waals surface area contributed by atoms with Crippen LogP contribution in [0.5, 0.6) is 0 Å². The van der Waals surface area contributed by atoms with E-state index in [9.17, 15) is 4.79 Å².